The molecule has 0 atom stereocenters. The van der Waals surface area contributed by atoms with Crippen LogP contribution >= 0.6 is 23.2 Å². The summed E-state index contributed by atoms with van der Waals surface area (Å²) < 4.78 is 5.85. The molecule has 0 saturated carbocycles. The van der Waals surface area contributed by atoms with Crippen molar-refractivity contribution in [2.75, 3.05) is 5.32 Å². The van der Waals surface area contributed by atoms with Gasteiger partial charge in [0.1, 0.15) is 11.3 Å². The van der Waals surface area contributed by atoms with E-state index in [0.29, 0.717) is 43.6 Å². The summed E-state index contributed by atoms with van der Waals surface area (Å²) in [6.45, 7) is 0. The first-order chi connectivity index (χ1) is 13.5. The number of hydrogen-bond acceptors (Lipinski definition) is 3. The lowest BCUT2D eigenvalue weighted by atomic mass is 10.1. The van der Waals surface area contributed by atoms with E-state index < -0.39 is 0 Å². The normalized spacial score (nSPS) is 10.8. The van der Waals surface area contributed by atoms with Crippen molar-refractivity contribution in [2.45, 2.75) is 0 Å². The first-order valence-corrected chi connectivity index (χ1v) is 9.17. The van der Waals surface area contributed by atoms with Crippen LogP contribution in [0, 0.1) is 0 Å². The molecule has 4 aromatic rings. The van der Waals surface area contributed by atoms with Crippen LogP contribution in [0.4, 0.5) is 5.69 Å². The van der Waals surface area contributed by atoms with Gasteiger partial charge >= 0.3 is 0 Å². The number of fused-ring (bicyclic) bond motifs is 1. The molecule has 3 aromatic carbocycles. The fourth-order valence-electron chi connectivity index (χ4n) is 2.87. The highest BCUT2D eigenvalue weighted by Gasteiger charge is 2.13. The van der Waals surface area contributed by atoms with Crippen molar-refractivity contribution in [3.05, 3.63) is 98.6 Å². The number of carbonyl (C=O) groups is 1. The van der Waals surface area contributed by atoms with Gasteiger partial charge < -0.3 is 9.73 Å². The highest BCUT2D eigenvalue weighted by molar-refractivity contribution is 6.34. The maximum atomic E-state index is 12.6. The first-order valence-electron chi connectivity index (χ1n) is 8.41. The predicted molar refractivity (Wildman–Crippen MR) is 112 cm³/mol. The number of amides is 1. The number of carbonyl (C=O) groups excluding carboxylic acids is 1. The molecule has 4 nitrogen and oxygen atoms in total. The zero-order chi connectivity index (χ0) is 19.7. The smallest absolute Gasteiger partial charge is 0.257 e. The van der Waals surface area contributed by atoms with Crippen LogP contribution in [0.15, 0.2) is 82.0 Å². The Morgan fingerprint density at radius 2 is 1.57 bits per heavy atom. The molecule has 0 unspecified atom stereocenters. The molecule has 0 aliphatic carbocycles. The van der Waals surface area contributed by atoms with Crippen molar-refractivity contribution in [1.82, 2.24) is 0 Å². The minimum Gasteiger partial charge on any atom is -0.456 e. The van der Waals surface area contributed by atoms with Crippen LogP contribution in [-0.2, 0) is 0 Å². The van der Waals surface area contributed by atoms with E-state index in [9.17, 15) is 9.59 Å². The zero-order valence-electron chi connectivity index (χ0n) is 14.4. The molecule has 0 bridgehead atoms. The van der Waals surface area contributed by atoms with Gasteiger partial charge in [0.2, 0.25) is 0 Å². The van der Waals surface area contributed by atoms with E-state index in [0.717, 1.165) is 0 Å². The third kappa shape index (κ3) is 3.52. The third-order valence-electron chi connectivity index (χ3n) is 4.24. The molecule has 1 N–H and O–H groups in total. The summed E-state index contributed by atoms with van der Waals surface area (Å²) >= 11 is 12.3. The monoisotopic (exact) mass is 409 g/mol. The van der Waals surface area contributed by atoms with E-state index in [-0.39, 0.29) is 11.3 Å². The summed E-state index contributed by atoms with van der Waals surface area (Å²) in [5.74, 6) is 0.0259. The zero-order valence-corrected chi connectivity index (χ0v) is 15.9. The number of hydrogen-bond donors (Lipinski definition) is 1. The van der Waals surface area contributed by atoms with Crippen LogP contribution in [0.25, 0.3) is 22.3 Å². The van der Waals surface area contributed by atoms with Crippen molar-refractivity contribution in [2.24, 2.45) is 0 Å². The van der Waals surface area contributed by atoms with Crippen molar-refractivity contribution in [1.29, 1.82) is 0 Å². The molecule has 1 amide bonds. The van der Waals surface area contributed by atoms with Crippen LogP contribution in [0.3, 0.4) is 0 Å². The molecule has 1 heterocycles. The molecule has 0 radical (unpaired) electrons. The Kier molecular flexibility index (Phi) is 4.90. The predicted octanol–water partition coefficient (Wildman–Crippen LogP) is 6.02. The Labute approximate surface area is 170 Å². The van der Waals surface area contributed by atoms with Gasteiger partial charge in [-0.3, -0.25) is 9.59 Å². The Balaban J connectivity index is 1.70. The fourth-order valence-corrected chi connectivity index (χ4v) is 3.32. The average Bonchev–Trinajstić information content (AvgIpc) is 2.69. The fraction of sp³-hybridized carbons (Fsp3) is 0. The topological polar surface area (TPSA) is 59.3 Å². The molecule has 1 aromatic heterocycles. The minimum atomic E-state index is -0.359. The van der Waals surface area contributed by atoms with E-state index in [1.807, 2.05) is 6.07 Å². The second-order valence-corrected chi connectivity index (χ2v) is 6.91. The Morgan fingerprint density at radius 3 is 2.32 bits per heavy atom. The van der Waals surface area contributed by atoms with Crippen LogP contribution in [0.1, 0.15) is 10.4 Å². The van der Waals surface area contributed by atoms with Crippen LogP contribution < -0.4 is 10.7 Å². The van der Waals surface area contributed by atoms with Gasteiger partial charge in [-0.25, -0.2) is 0 Å². The summed E-state index contributed by atoms with van der Waals surface area (Å²) in [6.07, 6.45) is 0. The molecule has 0 saturated heterocycles. The second-order valence-electron chi connectivity index (χ2n) is 6.10. The number of halogens is 2. The lowest BCUT2D eigenvalue weighted by Crippen LogP contribution is -2.12. The average molecular weight is 410 g/mol. The van der Waals surface area contributed by atoms with E-state index in [1.54, 1.807) is 60.7 Å². The maximum Gasteiger partial charge on any atom is 0.257 e. The third-order valence-corrected chi connectivity index (χ3v) is 4.90. The second kappa shape index (κ2) is 7.50. The molecule has 138 valence electrons. The van der Waals surface area contributed by atoms with Gasteiger partial charge in [-0.2, -0.15) is 0 Å². The highest BCUT2D eigenvalue weighted by atomic mass is 35.5. The largest absolute Gasteiger partial charge is 0.456 e. The minimum absolute atomic E-state index is 0.231. The number of rotatable bonds is 3. The van der Waals surface area contributed by atoms with Crippen LogP contribution in [0.5, 0.6) is 0 Å². The van der Waals surface area contributed by atoms with Gasteiger partial charge in [0.25, 0.3) is 5.91 Å². The Hall–Kier alpha value is -3.08. The van der Waals surface area contributed by atoms with Gasteiger partial charge in [0.15, 0.2) is 5.43 Å². The number of anilines is 1. The van der Waals surface area contributed by atoms with Gasteiger partial charge in [0.05, 0.1) is 21.0 Å². The standard InChI is InChI=1S/C22H13Cl2NO3/c23-17-7-3-1-5-14(17)21-12-19(26)16-11-13(9-10-20(16)28-21)25-22(27)15-6-2-4-8-18(15)24/h1-12H,(H,25,27). The van der Waals surface area contributed by atoms with Crippen LogP contribution in [0.2, 0.25) is 10.0 Å². The Bertz CT molecular complexity index is 1260. The van der Waals surface area contributed by atoms with Gasteiger partial charge in [-0.1, -0.05) is 47.5 Å². The molecule has 0 fully saturated rings. The van der Waals surface area contributed by atoms with Gasteiger partial charge in [-0.05, 0) is 42.5 Å². The molecule has 28 heavy (non-hydrogen) atoms. The van der Waals surface area contributed by atoms with Gasteiger partial charge in [0, 0.05) is 17.3 Å². The lowest BCUT2D eigenvalue weighted by molar-refractivity contribution is 0.102. The van der Waals surface area contributed by atoms with E-state index in [2.05, 4.69) is 5.32 Å². The molecular formula is C22H13Cl2NO3. The molecule has 0 spiro atoms. The number of nitrogens with one attached hydrogen (secondary N) is 1. The molecule has 4 rings (SSSR count). The summed E-state index contributed by atoms with van der Waals surface area (Å²) in [6, 6.07) is 20.1. The van der Waals surface area contributed by atoms with E-state index in [4.69, 9.17) is 27.6 Å². The molecule has 6 heteroatoms. The molecule has 0 aliphatic heterocycles. The SMILES string of the molecule is O=C(Nc1ccc2oc(-c3ccccc3Cl)cc(=O)c2c1)c1ccccc1Cl. The first kappa shape index (κ1) is 18.3. The van der Waals surface area contributed by atoms with E-state index in [1.165, 1.54) is 6.07 Å². The van der Waals surface area contributed by atoms with Crippen molar-refractivity contribution in [3.8, 4) is 11.3 Å². The summed E-state index contributed by atoms with van der Waals surface area (Å²) in [4.78, 5) is 25.0. The molecule has 0 aliphatic rings. The molecular weight excluding hydrogens is 397 g/mol. The van der Waals surface area contributed by atoms with Crippen molar-refractivity contribution >= 4 is 45.8 Å². The van der Waals surface area contributed by atoms with Crippen LogP contribution in [-0.4, -0.2) is 5.91 Å². The summed E-state index contributed by atoms with van der Waals surface area (Å²) in [5, 5.41) is 3.95. The van der Waals surface area contributed by atoms with Crippen molar-refractivity contribution < 1.29 is 9.21 Å². The Morgan fingerprint density at radius 1 is 0.857 bits per heavy atom. The summed E-state index contributed by atoms with van der Waals surface area (Å²) in [5.41, 5.74) is 1.63. The van der Waals surface area contributed by atoms with Gasteiger partial charge in [-0.15, -0.1) is 0 Å². The van der Waals surface area contributed by atoms with E-state index >= 15 is 0 Å². The number of benzene rings is 3. The lowest BCUT2D eigenvalue weighted by Gasteiger charge is -2.09. The highest BCUT2D eigenvalue weighted by Crippen LogP contribution is 2.29. The maximum absolute atomic E-state index is 12.6. The quantitative estimate of drug-likeness (QED) is 0.449. The van der Waals surface area contributed by atoms with Crippen molar-refractivity contribution in [3.63, 3.8) is 0 Å². The summed E-state index contributed by atoms with van der Waals surface area (Å²) in [7, 11) is 0.